The fourth-order valence-electron chi connectivity index (χ4n) is 1.50. The van der Waals surface area contributed by atoms with Crippen molar-refractivity contribution in [2.45, 2.75) is 19.4 Å². The lowest BCUT2D eigenvalue weighted by Crippen LogP contribution is -2.36. The Labute approximate surface area is 101 Å². The van der Waals surface area contributed by atoms with Crippen LogP contribution >= 0.6 is 0 Å². The number of methoxy groups -OCH3 is 1. The summed E-state index contributed by atoms with van der Waals surface area (Å²) in [6.07, 6.45) is 0.319. The minimum absolute atomic E-state index is 0.00545. The van der Waals surface area contributed by atoms with E-state index in [-0.39, 0.29) is 11.9 Å². The summed E-state index contributed by atoms with van der Waals surface area (Å²) in [6.45, 7) is 2.39. The first-order chi connectivity index (χ1) is 8.15. The van der Waals surface area contributed by atoms with Gasteiger partial charge in [0.2, 0.25) is 5.91 Å². The SMILES string of the molecule is COCC(C)NC(=O)Cc1ccc(C#N)cc1. The summed E-state index contributed by atoms with van der Waals surface area (Å²) >= 11 is 0. The maximum Gasteiger partial charge on any atom is 0.224 e. The van der Waals surface area contributed by atoms with E-state index < -0.39 is 0 Å². The lowest BCUT2D eigenvalue weighted by molar-refractivity contribution is -0.121. The van der Waals surface area contributed by atoms with Crippen molar-refractivity contribution in [1.82, 2.24) is 5.32 Å². The highest BCUT2D eigenvalue weighted by molar-refractivity contribution is 5.78. The number of nitriles is 1. The van der Waals surface area contributed by atoms with Crippen LogP contribution in [0.5, 0.6) is 0 Å². The molecule has 1 unspecified atom stereocenters. The quantitative estimate of drug-likeness (QED) is 0.831. The molecular formula is C13H16N2O2. The zero-order valence-corrected chi connectivity index (χ0v) is 10.1. The number of hydrogen-bond acceptors (Lipinski definition) is 3. The molecule has 0 aliphatic carbocycles. The third-order valence-electron chi connectivity index (χ3n) is 2.27. The molecule has 0 fully saturated rings. The van der Waals surface area contributed by atoms with Crippen molar-refractivity contribution >= 4 is 5.91 Å². The average Bonchev–Trinajstić information content (AvgIpc) is 2.30. The van der Waals surface area contributed by atoms with E-state index in [1.807, 2.05) is 13.0 Å². The molecule has 0 aromatic heterocycles. The van der Waals surface area contributed by atoms with Gasteiger partial charge in [0.15, 0.2) is 0 Å². The molecule has 1 atom stereocenters. The number of benzene rings is 1. The van der Waals surface area contributed by atoms with Crippen molar-refractivity contribution < 1.29 is 9.53 Å². The molecule has 1 aromatic rings. The number of nitrogens with one attached hydrogen (secondary N) is 1. The molecule has 0 aliphatic heterocycles. The van der Waals surface area contributed by atoms with Crippen LogP contribution in [0.15, 0.2) is 24.3 Å². The minimum Gasteiger partial charge on any atom is -0.383 e. The standard InChI is InChI=1S/C13H16N2O2/c1-10(9-17-2)15-13(16)7-11-3-5-12(8-14)6-4-11/h3-6,10H,7,9H2,1-2H3,(H,15,16). The number of nitrogens with zero attached hydrogens (tertiary/aromatic N) is 1. The molecule has 0 bridgehead atoms. The lowest BCUT2D eigenvalue weighted by Gasteiger charge is -2.12. The Morgan fingerprint density at radius 3 is 2.65 bits per heavy atom. The second kappa shape index (κ2) is 6.66. The summed E-state index contributed by atoms with van der Waals surface area (Å²) in [7, 11) is 1.60. The van der Waals surface area contributed by atoms with Gasteiger partial charge in [-0.1, -0.05) is 12.1 Å². The van der Waals surface area contributed by atoms with Crippen LogP contribution in [-0.2, 0) is 16.0 Å². The van der Waals surface area contributed by atoms with Gasteiger partial charge in [0.05, 0.1) is 24.7 Å². The average molecular weight is 232 g/mol. The van der Waals surface area contributed by atoms with Crippen molar-refractivity contribution in [3.63, 3.8) is 0 Å². The Balaban J connectivity index is 2.48. The summed E-state index contributed by atoms with van der Waals surface area (Å²) in [4.78, 5) is 11.6. The first-order valence-electron chi connectivity index (χ1n) is 5.43. The maximum absolute atomic E-state index is 11.6. The molecule has 1 N–H and O–H groups in total. The van der Waals surface area contributed by atoms with Crippen molar-refractivity contribution in [3.05, 3.63) is 35.4 Å². The topological polar surface area (TPSA) is 62.1 Å². The molecule has 1 amide bonds. The third kappa shape index (κ3) is 4.66. The monoisotopic (exact) mass is 232 g/mol. The summed E-state index contributed by atoms with van der Waals surface area (Å²) < 4.78 is 4.93. The zero-order chi connectivity index (χ0) is 12.7. The van der Waals surface area contributed by atoms with Gasteiger partial charge in [0, 0.05) is 13.2 Å². The van der Waals surface area contributed by atoms with Gasteiger partial charge in [-0.05, 0) is 24.6 Å². The van der Waals surface area contributed by atoms with Crippen LogP contribution in [0.3, 0.4) is 0 Å². The molecule has 0 heterocycles. The van der Waals surface area contributed by atoms with E-state index in [1.54, 1.807) is 31.4 Å². The van der Waals surface area contributed by atoms with Gasteiger partial charge < -0.3 is 10.1 Å². The van der Waals surface area contributed by atoms with Crippen LogP contribution in [0.4, 0.5) is 0 Å². The number of amides is 1. The number of hydrogen-bond donors (Lipinski definition) is 1. The second-order valence-corrected chi connectivity index (χ2v) is 3.91. The van der Waals surface area contributed by atoms with Gasteiger partial charge in [-0.2, -0.15) is 5.26 Å². The molecular weight excluding hydrogens is 216 g/mol. The highest BCUT2D eigenvalue weighted by Gasteiger charge is 2.07. The van der Waals surface area contributed by atoms with E-state index in [0.29, 0.717) is 18.6 Å². The van der Waals surface area contributed by atoms with Crippen molar-refractivity contribution in [1.29, 1.82) is 5.26 Å². The fourth-order valence-corrected chi connectivity index (χ4v) is 1.50. The molecule has 0 saturated carbocycles. The number of carbonyl (C=O) groups excluding carboxylic acids is 1. The summed E-state index contributed by atoms with van der Waals surface area (Å²) in [5.41, 5.74) is 1.49. The number of rotatable bonds is 5. The maximum atomic E-state index is 11.6. The van der Waals surface area contributed by atoms with Crippen LogP contribution in [0, 0.1) is 11.3 Å². The van der Waals surface area contributed by atoms with E-state index in [9.17, 15) is 4.79 Å². The Kier molecular flexibility index (Phi) is 5.18. The fraction of sp³-hybridized carbons (Fsp3) is 0.385. The Bertz CT molecular complexity index is 406. The van der Waals surface area contributed by atoms with Crippen molar-refractivity contribution in [2.24, 2.45) is 0 Å². The molecule has 0 radical (unpaired) electrons. The van der Waals surface area contributed by atoms with Gasteiger partial charge >= 0.3 is 0 Å². The van der Waals surface area contributed by atoms with Crippen LogP contribution < -0.4 is 5.32 Å². The Morgan fingerprint density at radius 2 is 2.12 bits per heavy atom. The van der Waals surface area contributed by atoms with Gasteiger partial charge in [-0.25, -0.2) is 0 Å². The highest BCUT2D eigenvalue weighted by atomic mass is 16.5. The van der Waals surface area contributed by atoms with Crippen LogP contribution in [0.25, 0.3) is 0 Å². The van der Waals surface area contributed by atoms with Crippen LogP contribution in [-0.4, -0.2) is 25.7 Å². The molecule has 1 aromatic carbocycles. The summed E-state index contributed by atoms with van der Waals surface area (Å²) in [5, 5.41) is 11.5. The summed E-state index contributed by atoms with van der Waals surface area (Å²) in [5.74, 6) is -0.0424. The Hall–Kier alpha value is -1.86. The van der Waals surface area contributed by atoms with Gasteiger partial charge in [-0.3, -0.25) is 4.79 Å². The van der Waals surface area contributed by atoms with Crippen molar-refractivity contribution in [2.75, 3.05) is 13.7 Å². The van der Waals surface area contributed by atoms with E-state index in [4.69, 9.17) is 10.00 Å². The molecule has 17 heavy (non-hydrogen) atoms. The molecule has 4 nitrogen and oxygen atoms in total. The number of ether oxygens (including phenoxy) is 1. The first kappa shape index (κ1) is 13.2. The zero-order valence-electron chi connectivity index (χ0n) is 10.1. The lowest BCUT2D eigenvalue weighted by atomic mass is 10.1. The predicted octanol–water partition coefficient (Wildman–Crippen LogP) is 1.25. The van der Waals surface area contributed by atoms with Crippen LogP contribution in [0.2, 0.25) is 0 Å². The first-order valence-corrected chi connectivity index (χ1v) is 5.43. The van der Waals surface area contributed by atoms with Gasteiger partial charge in [0.1, 0.15) is 0 Å². The predicted molar refractivity (Wildman–Crippen MR) is 64.3 cm³/mol. The highest BCUT2D eigenvalue weighted by Crippen LogP contribution is 2.04. The van der Waals surface area contributed by atoms with Crippen LogP contribution in [0.1, 0.15) is 18.1 Å². The van der Waals surface area contributed by atoms with Crippen molar-refractivity contribution in [3.8, 4) is 6.07 Å². The van der Waals surface area contributed by atoms with E-state index in [0.717, 1.165) is 5.56 Å². The minimum atomic E-state index is -0.0424. The third-order valence-corrected chi connectivity index (χ3v) is 2.27. The molecule has 0 saturated heterocycles. The smallest absolute Gasteiger partial charge is 0.224 e. The molecule has 0 spiro atoms. The molecule has 4 heteroatoms. The molecule has 90 valence electrons. The van der Waals surface area contributed by atoms with E-state index in [2.05, 4.69) is 5.32 Å². The van der Waals surface area contributed by atoms with E-state index >= 15 is 0 Å². The molecule has 0 aliphatic rings. The second-order valence-electron chi connectivity index (χ2n) is 3.91. The van der Waals surface area contributed by atoms with Gasteiger partial charge in [-0.15, -0.1) is 0 Å². The largest absolute Gasteiger partial charge is 0.383 e. The molecule has 1 rings (SSSR count). The van der Waals surface area contributed by atoms with Gasteiger partial charge in [0.25, 0.3) is 0 Å². The number of carbonyl (C=O) groups is 1. The normalized spacial score (nSPS) is 11.6. The summed E-state index contributed by atoms with van der Waals surface area (Å²) in [6, 6.07) is 9.05. The van der Waals surface area contributed by atoms with E-state index in [1.165, 1.54) is 0 Å². The Morgan fingerprint density at radius 1 is 1.47 bits per heavy atom.